The fourth-order valence-corrected chi connectivity index (χ4v) is 3.64. The van der Waals surface area contributed by atoms with E-state index in [1.54, 1.807) is 4.90 Å². The summed E-state index contributed by atoms with van der Waals surface area (Å²) in [5.74, 6) is -0.651. The van der Waals surface area contributed by atoms with Crippen molar-refractivity contribution in [3.8, 4) is 5.75 Å². The molecule has 2 aliphatic heterocycles. The Balaban J connectivity index is 1.62. The van der Waals surface area contributed by atoms with E-state index in [1.165, 1.54) is 0 Å². The Hall–Kier alpha value is -2.37. The maximum absolute atomic E-state index is 13.1. The highest BCUT2D eigenvalue weighted by Gasteiger charge is 2.56. The fraction of sp³-hybridized carbons (Fsp3) is 0.350. The van der Waals surface area contributed by atoms with Crippen LogP contribution in [0.4, 0.5) is 5.69 Å². The Bertz CT molecular complexity index is 797. The zero-order chi connectivity index (χ0) is 17.4. The average molecular weight is 339 g/mol. The number of hydrogen-bond donors (Lipinski definition) is 0. The van der Waals surface area contributed by atoms with E-state index in [1.807, 2.05) is 50.2 Å². The van der Waals surface area contributed by atoms with Crippen molar-refractivity contribution in [3.05, 3.63) is 59.2 Å². The highest BCUT2D eigenvalue weighted by atomic mass is 16.7. The summed E-state index contributed by atoms with van der Waals surface area (Å²) >= 11 is 0. The molecule has 0 aromatic heterocycles. The van der Waals surface area contributed by atoms with E-state index >= 15 is 0 Å². The van der Waals surface area contributed by atoms with Crippen LogP contribution in [-0.4, -0.2) is 32.3 Å². The zero-order valence-electron chi connectivity index (χ0n) is 14.5. The largest absolute Gasteiger partial charge is 0.492 e. The SMILES string of the molecule is Cc1cc(C)c2c(c1)C1(OCCO1)C(=O)N2CCOc1ccccc1. The number of nitrogens with zero attached hydrogens (tertiary/aromatic N) is 1. The van der Waals surface area contributed by atoms with Gasteiger partial charge >= 0.3 is 0 Å². The number of para-hydroxylation sites is 1. The molecule has 2 aromatic carbocycles. The highest BCUT2D eigenvalue weighted by Crippen LogP contribution is 2.47. The van der Waals surface area contributed by atoms with Crippen molar-refractivity contribution in [1.29, 1.82) is 0 Å². The van der Waals surface area contributed by atoms with Gasteiger partial charge in [-0.1, -0.05) is 29.8 Å². The normalized spacial score (nSPS) is 18.0. The summed E-state index contributed by atoms with van der Waals surface area (Å²) < 4.78 is 17.4. The van der Waals surface area contributed by atoms with E-state index in [0.717, 1.165) is 28.1 Å². The van der Waals surface area contributed by atoms with Crippen LogP contribution in [-0.2, 0) is 20.1 Å². The molecule has 2 aromatic rings. The van der Waals surface area contributed by atoms with Crippen LogP contribution in [0, 0.1) is 13.8 Å². The van der Waals surface area contributed by atoms with Gasteiger partial charge in [-0.15, -0.1) is 0 Å². The topological polar surface area (TPSA) is 48.0 Å². The lowest BCUT2D eigenvalue weighted by Gasteiger charge is -2.22. The second-order valence-corrected chi connectivity index (χ2v) is 6.41. The molecule has 5 heteroatoms. The Labute approximate surface area is 147 Å². The minimum Gasteiger partial charge on any atom is -0.492 e. The van der Waals surface area contributed by atoms with Crippen molar-refractivity contribution >= 4 is 11.6 Å². The number of benzene rings is 2. The molecule has 0 aliphatic carbocycles. The maximum Gasteiger partial charge on any atom is 0.292 e. The van der Waals surface area contributed by atoms with E-state index in [4.69, 9.17) is 14.2 Å². The lowest BCUT2D eigenvalue weighted by atomic mass is 10.0. The molecule has 25 heavy (non-hydrogen) atoms. The van der Waals surface area contributed by atoms with Gasteiger partial charge in [0.05, 0.1) is 25.4 Å². The van der Waals surface area contributed by atoms with Crippen LogP contribution in [0.3, 0.4) is 0 Å². The van der Waals surface area contributed by atoms with Gasteiger partial charge in [-0.2, -0.15) is 0 Å². The quantitative estimate of drug-likeness (QED) is 0.859. The number of carbonyl (C=O) groups excluding carboxylic acids is 1. The van der Waals surface area contributed by atoms with Crippen molar-refractivity contribution in [2.24, 2.45) is 0 Å². The van der Waals surface area contributed by atoms with Crippen LogP contribution in [0.25, 0.3) is 0 Å². The summed E-state index contributed by atoms with van der Waals surface area (Å²) in [5, 5.41) is 0. The predicted octanol–water partition coefficient (Wildman–Crippen LogP) is 2.93. The highest BCUT2D eigenvalue weighted by molar-refractivity contribution is 6.07. The fourth-order valence-electron chi connectivity index (χ4n) is 3.64. The van der Waals surface area contributed by atoms with E-state index < -0.39 is 5.79 Å². The predicted molar refractivity (Wildman–Crippen MR) is 93.8 cm³/mol. The third-order valence-electron chi connectivity index (χ3n) is 4.62. The molecule has 0 atom stereocenters. The van der Waals surface area contributed by atoms with Crippen LogP contribution in [0.5, 0.6) is 5.75 Å². The molecule has 1 saturated heterocycles. The summed E-state index contributed by atoms with van der Waals surface area (Å²) in [6.07, 6.45) is 0. The summed E-state index contributed by atoms with van der Waals surface area (Å²) in [6.45, 7) is 5.72. The minimum absolute atomic E-state index is 0.162. The molecule has 0 radical (unpaired) electrons. The van der Waals surface area contributed by atoms with Crippen molar-refractivity contribution in [2.75, 3.05) is 31.3 Å². The molecule has 1 spiro atoms. The lowest BCUT2D eigenvalue weighted by molar-refractivity contribution is -0.180. The van der Waals surface area contributed by atoms with E-state index in [9.17, 15) is 4.79 Å². The standard InChI is InChI=1S/C20H21NO4/c1-14-12-15(2)18-17(13-14)20(24-10-11-25-20)19(22)21(18)8-9-23-16-6-4-3-5-7-16/h3-7,12-13H,8-11H2,1-2H3. The molecular formula is C20H21NO4. The molecule has 4 rings (SSSR count). The van der Waals surface area contributed by atoms with Crippen molar-refractivity contribution in [3.63, 3.8) is 0 Å². The molecule has 130 valence electrons. The number of hydrogen-bond acceptors (Lipinski definition) is 4. The van der Waals surface area contributed by atoms with Crippen molar-refractivity contribution < 1.29 is 19.0 Å². The summed E-state index contributed by atoms with van der Waals surface area (Å²) in [5.41, 5.74) is 3.82. The van der Waals surface area contributed by atoms with Gasteiger partial charge in [0.15, 0.2) is 0 Å². The number of amides is 1. The summed E-state index contributed by atoms with van der Waals surface area (Å²) in [4.78, 5) is 14.8. The van der Waals surface area contributed by atoms with Crippen LogP contribution < -0.4 is 9.64 Å². The molecule has 0 N–H and O–H groups in total. The molecule has 2 heterocycles. The Morgan fingerprint density at radius 2 is 1.84 bits per heavy atom. The molecule has 0 bridgehead atoms. The van der Waals surface area contributed by atoms with Gasteiger partial charge in [-0.25, -0.2) is 0 Å². The van der Waals surface area contributed by atoms with Crippen LogP contribution in [0.1, 0.15) is 16.7 Å². The first-order valence-electron chi connectivity index (χ1n) is 8.51. The number of rotatable bonds is 4. The van der Waals surface area contributed by atoms with Crippen LogP contribution >= 0.6 is 0 Å². The third kappa shape index (κ3) is 2.60. The summed E-state index contributed by atoms with van der Waals surface area (Å²) in [6, 6.07) is 13.7. The Morgan fingerprint density at radius 1 is 1.12 bits per heavy atom. The van der Waals surface area contributed by atoms with Crippen LogP contribution in [0.2, 0.25) is 0 Å². The van der Waals surface area contributed by atoms with Gasteiger partial charge in [0, 0.05) is 5.56 Å². The molecular weight excluding hydrogens is 318 g/mol. The van der Waals surface area contributed by atoms with E-state index in [-0.39, 0.29) is 5.91 Å². The smallest absolute Gasteiger partial charge is 0.292 e. The van der Waals surface area contributed by atoms with Gasteiger partial charge in [0.1, 0.15) is 12.4 Å². The second-order valence-electron chi connectivity index (χ2n) is 6.41. The van der Waals surface area contributed by atoms with Gasteiger partial charge < -0.3 is 19.1 Å². The number of aryl methyl sites for hydroxylation is 2. The third-order valence-corrected chi connectivity index (χ3v) is 4.62. The van der Waals surface area contributed by atoms with Crippen molar-refractivity contribution in [2.45, 2.75) is 19.6 Å². The molecule has 2 aliphatic rings. The first kappa shape index (κ1) is 16.1. The average Bonchev–Trinajstić information content (AvgIpc) is 3.17. The molecule has 1 amide bonds. The maximum atomic E-state index is 13.1. The summed E-state index contributed by atoms with van der Waals surface area (Å²) in [7, 11) is 0. The number of ether oxygens (including phenoxy) is 3. The molecule has 0 saturated carbocycles. The van der Waals surface area contributed by atoms with Gasteiger partial charge in [0.2, 0.25) is 0 Å². The minimum atomic E-state index is -1.28. The molecule has 5 nitrogen and oxygen atoms in total. The monoisotopic (exact) mass is 339 g/mol. The Morgan fingerprint density at radius 3 is 2.56 bits per heavy atom. The van der Waals surface area contributed by atoms with E-state index in [0.29, 0.717) is 26.4 Å². The zero-order valence-corrected chi connectivity index (χ0v) is 14.5. The Kier molecular flexibility index (Phi) is 3.98. The van der Waals surface area contributed by atoms with Gasteiger partial charge in [-0.3, -0.25) is 4.79 Å². The number of fused-ring (bicyclic) bond motifs is 2. The van der Waals surface area contributed by atoms with Crippen molar-refractivity contribution in [1.82, 2.24) is 0 Å². The lowest BCUT2D eigenvalue weighted by Crippen LogP contribution is -2.42. The number of carbonyl (C=O) groups is 1. The first-order valence-corrected chi connectivity index (χ1v) is 8.51. The first-order chi connectivity index (χ1) is 12.1. The molecule has 0 unspecified atom stereocenters. The van der Waals surface area contributed by atoms with Crippen LogP contribution in [0.15, 0.2) is 42.5 Å². The molecule has 1 fully saturated rings. The van der Waals surface area contributed by atoms with Gasteiger partial charge in [0.25, 0.3) is 11.7 Å². The second kappa shape index (κ2) is 6.17. The van der Waals surface area contributed by atoms with E-state index in [2.05, 4.69) is 6.07 Å². The number of anilines is 1. The van der Waals surface area contributed by atoms with Gasteiger partial charge in [-0.05, 0) is 37.6 Å².